The number of rotatable bonds is 0. The minimum atomic E-state index is 0.639. The molecule has 10 rings (SSSR count). The quantitative estimate of drug-likeness (QED) is 0.228. The summed E-state index contributed by atoms with van der Waals surface area (Å²) in [6, 6.07) is 18.5. The fourth-order valence-corrected chi connectivity index (χ4v) is 17.5. The molecular weight excluding hydrogens is 593 g/mol. The lowest BCUT2D eigenvalue weighted by atomic mass is 9.72. The van der Waals surface area contributed by atoms with Gasteiger partial charge >= 0.3 is 0 Å². The fraction of sp³-hybridized carbons (Fsp3) is 0.143. The van der Waals surface area contributed by atoms with E-state index in [4.69, 9.17) is 0 Å². The molecule has 0 radical (unpaired) electrons. The molecule has 0 nitrogen and oxygen atoms in total. The predicted molar refractivity (Wildman–Crippen MR) is 169 cm³/mol. The highest BCUT2D eigenvalue weighted by molar-refractivity contribution is 8.45. The van der Waals surface area contributed by atoms with Crippen LogP contribution in [0.5, 0.6) is 0 Å². The van der Waals surface area contributed by atoms with E-state index in [2.05, 4.69) is 60.7 Å². The van der Waals surface area contributed by atoms with Gasteiger partial charge in [0.15, 0.2) is 0 Å². The summed E-state index contributed by atoms with van der Waals surface area (Å²) in [7, 11) is 0. The molecule has 4 aliphatic heterocycles. The largest absolute Gasteiger partial charge is 0.0804 e. The Morgan fingerprint density at radius 3 is 1.19 bits per heavy atom. The van der Waals surface area contributed by atoms with Crippen molar-refractivity contribution in [2.24, 2.45) is 0 Å². The van der Waals surface area contributed by atoms with Gasteiger partial charge in [-0.3, -0.25) is 0 Å². The van der Waals surface area contributed by atoms with E-state index in [1.807, 2.05) is 94.1 Å². The van der Waals surface area contributed by atoms with Crippen LogP contribution in [0.1, 0.15) is 35.8 Å². The zero-order valence-electron chi connectivity index (χ0n) is 18.6. The Hall–Kier alpha value is -0.320. The smallest absolute Gasteiger partial charge is 0.0718 e. The minimum absolute atomic E-state index is 0.639. The molecule has 0 spiro atoms. The zero-order valence-corrected chi connectivity index (χ0v) is 25.1. The van der Waals surface area contributed by atoms with Crippen LogP contribution in [-0.4, -0.2) is 0 Å². The van der Waals surface area contributed by atoms with E-state index in [1.54, 1.807) is 11.1 Å². The Labute approximate surface area is 244 Å². The predicted octanol–water partition coefficient (Wildman–Crippen LogP) is 11.8. The van der Waals surface area contributed by atoms with Crippen LogP contribution in [-0.2, 0) is 0 Å². The van der Waals surface area contributed by atoms with E-state index in [9.17, 15) is 0 Å². The van der Waals surface area contributed by atoms with Gasteiger partial charge in [-0.15, -0.1) is 0 Å². The normalized spacial score (nSPS) is 25.3. The van der Waals surface area contributed by atoms with Gasteiger partial charge in [0, 0.05) is 31.4 Å². The molecule has 4 heterocycles. The van der Waals surface area contributed by atoms with Crippen molar-refractivity contribution in [2.45, 2.75) is 44.3 Å². The average molecular weight is 609 g/mol. The maximum Gasteiger partial charge on any atom is 0.0718 e. The molecule has 176 valence electrons. The molecule has 3 aromatic rings. The molecule has 0 saturated heterocycles. The summed E-state index contributed by atoms with van der Waals surface area (Å²) in [6.07, 6.45) is 7.55. The highest BCUT2D eigenvalue weighted by Gasteiger charge is 2.37. The van der Waals surface area contributed by atoms with Gasteiger partial charge < -0.3 is 0 Å². The molecule has 3 aliphatic carbocycles. The van der Waals surface area contributed by atoms with Gasteiger partial charge in [-0.05, 0) is 59.0 Å². The Bertz CT molecular complexity index is 1540. The van der Waals surface area contributed by atoms with Crippen molar-refractivity contribution in [1.29, 1.82) is 0 Å². The van der Waals surface area contributed by atoms with Gasteiger partial charge in [-0.1, -0.05) is 131 Å². The van der Waals surface area contributed by atoms with E-state index in [-0.39, 0.29) is 0 Å². The third kappa shape index (κ3) is 3.55. The monoisotopic (exact) mass is 608 g/mol. The molecule has 2 atom stereocenters. The van der Waals surface area contributed by atoms with Crippen LogP contribution in [0.15, 0.2) is 106 Å². The van der Waals surface area contributed by atoms with Crippen LogP contribution in [0.2, 0.25) is 0 Å². The molecule has 0 N–H and O–H groups in total. The summed E-state index contributed by atoms with van der Waals surface area (Å²) in [4.78, 5) is 5.73. The number of fused-ring (bicyclic) bond motifs is 4. The number of hydrogen-bond acceptors (Lipinski definition) is 8. The summed E-state index contributed by atoms with van der Waals surface area (Å²) in [5.41, 5.74) is 3.19. The fourth-order valence-electron chi connectivity index (χ4n) is 5.45. The van der Waals surface area contributed by atoms with E-state index in [0.717, 1.165) is 0 Å². The second kappa shape index (κ2) is 8.59. The molecule has 0 fully saturated rings. The Kier molecular flexibility index (Phi) is 5.37. The average Bonchev–Trinajstić information content (AvgIpc) is 3.52. The molecule has 0 saturated carbocycles. The van der Waals surface area contributed by atoms with E-state index >= 15 is 0 Å². The lowest BCUT2D eigenvalue weighted by molar-refractivity contribution is 0.550. The lowest BCUT2D eigenvalue weighted by Crippen LogP contribution is -2.17. The van der Waals surface area contributed by atoms with Gasteiger partial charge in [-0.2, -0.15) is 0 Å². The number of thioether (sulfide) groups is 8. The Morgan fingerprint density at radius 2 is 0.806 bits per heavy atom. The SMILES string of the molecule is C1=CC2CCC1c1cc3c(cc12)SC1=C(SC(=C2SC4=C(S2)Sc2cc5ccccc5cc2S4)S1)S3. The first kappa shape index (κ1) is 22.5. The van der Waals surface area contributed by atoms with Crippen LogP contribution in [0.25, 0.3) is 10.8 Å². The van der Waals surface area contributed by atoms with Crippen molar-refractivity contribution in [3.63, 3.8) is 0 Å². The van der Waals surface area contributed by atoms with Crippen molar-refractivity contribution in [3.8, 4) is 0 Å². The summed E-state index contributed by atoms with van der Waals surface area (Å²) >= 11 is 15.9. The van der Waals surface area contributed by atoms with Gasteiger partial charge in [-0.25, -0.2) is 0 Å². The van der Waals surface area contributed by atoms with E-state index < -0.39 is 0 Å². The lowest BCUT2D eigenvalue weighted by Gasteiger charge is -2.35. The third-order valence-corrected chi connectivity index (χ3v) is 18.9. The van der Waals surface area contributed by atoms with Gasteiger partial charge in [0.2, 0.25) is 0 Å². The van der Waals surface area contributed by atoms with Crippen molar-refractivity contribution < 1.29 is 0 Å². The standard InChI is InChI=1S/C28H16S8/c1-2-4-16-10-20-19(9-15(16)3-1)29-23-24(30-20)34-27(33-23)28-35-25-26(36-28)32-22-12-18-14-6-5-13(7-8-14)17(18)11-21(22)31-25/h1-6,9-14H,7-8H2. The summed E-state index contributed by atoms with van der Waals surface area (Å²) in [5, 5.41) is 2.67. The summed E-state index contributed by atoms with van der Waals surface area (Å²) < 4.78 is 8.82. The first-order valence-corrected chi connectivity index (χ1v) is 18.3. The van der Waals surface area contributed by atoms with Crippen LogP contribution in [0.3, 0.4) is 0 Å². The second-order valence-electron chi connectivity index (χ2n) is 9.29. The molecule has 8 heteroatoms. The van der Waals surface area contributed by atoms with Crippen molar-refractivity contribution in [1.82, 2.24) is 0 Å². The number of allylic oxidation sites excluding steroid dienone is 2. The van der Waals surface area contributed by atoms with Crippen molar-refractivity contribution in [2.75, 3.05) is 0 Å². The van der Waals surface area contributed by atoms with Crippen LogP contribution < -0.4 is 0 Å². The molecular formula is C28H16S8. The van der Waals surface area contributed by atoms with E-state index in [0.29, 0.717) is 11.8 Å². The van der Waals surface area contributed by atoms with E-state index in [1.165, 1.54) is 68.6 Å². The highest BCUT2D eigenvalue weighted by Crippen LogP contribution is 2.71. The first-order valence-electron chi connectivity index (χ1n) is 11.8. The maximum atomic E-state index is 2.52. The molecule has 0 amide bonds. The summed E-state index contributed by atoms with van der Waals surface area (Å²) in [5.74, 6) is 1.28. The Balaban J connectivity index is 0.977. The Morgan fingerprint density at radius 1 is 0.444 bits per heavy atom. The van der Waals surface area contributed by atoms with Gasteiger partial charge in [0.1, 0.15) is 0 Å². The number of benzene rings is 3. The van der Waals surface area contributed by atoms with Crippen molar-refractivity contribution >= 4 is 105 Å². The summed E-state index contributed by atoms with van der Waals surface area (Å²) in [6.45, 7) is 0. The maximum absolute atomic E-state index is 2.52. The zero-order chi connectivity index (χ0) is 23.4. The minimum Gasteiger partial charge on any atom is -0.0804 e. The molecule has 2 bridgehead atoms. The third-order valence-electron chi connectivity index (χ3n) is 7.18. The van der Waals surface area contributed by atoms with Gasteiger partial charge in [0.05, 0.1) is 25.4 Å². The molecule has 2 unspecified atom stereocenters. The van der Waals surface area contributed by atoms with Crippen LogP contribution in [0, 0.1) is 0 Å². The molecule has 7 aliphatic rings. The van der Waals surface area contributed by atoms with Gasteiger partial charge in [0.25, 0.3) is 0 Å². The first-order chi connectivity index (χ1) is 17.7. The molecule has 0 aromatic heterocycles. The van der Waals surface area contributed by atoms with Crippen LogP contribution >= 0.6 is 94.1 Å². The molecule has 3 aromatic carbocycles. The van der Waals surface area contributed by atoms with Crippen molar-refractivity contribution in [3.05, 3.63) is 97.2 Å². The molecule has 36 heavy (non-hydrogen) atoms. The topological polar surface area (TPSA) is 0 Å². The number of hydrogen-bond donors (Lipinski definition) is 0. The highest BCUT2D eigenvalue weighted by atomic mass is 32.3. The van der Waals surface area contributed by atoms with Crippen LogP contribution in [0.4, 0.5) is 0 Å². The second-order valence-corrected chi connectivity index (χ2v) is 19.1.